The average Bonchev–Trinajstić information content (AvgIpc) is 3.20. The molecule has 2 aliphatic heterocycles. The van der Waals surface area contributed by atoms with E-state index in [2.05, 4.69) is 34.9 Å². The Morgan fingerprint density at radius 1 is 1.17 bits per heavy atom. The Bertz CT molecular complexity index is 604. The van der Waals surface area contributed by atoms with Crippen LogP contribution < -0.4 is 4.90 Å². The van der Waals surface area contributed by atoms with E-state index in [0.29, 0.717) is 23.9 Å². The summed E-state index contributed by atoms with van der Waals surface area (Å²) in [5.41, 5.74) is 0.00705. The van der Waals surface area contributed by atoms with Crippen molar-refractivity contribution in [3.05, 3.63) is 5.82 Å². The molecule has 2 atom stereocenters. The van der Waals surface area contributed by atoms with E-state index >= 15 is 0 Å². The van der Waals surface area contributed by atoms with Crippen molar-refractivity contribution < 1.29 is 4.79 Å². The number of carbonyl (C=O) groups excluding carboxylic acids is 1. The molecule has 2 saturated heterocycles. The van der Waals surface area contributed by atoms with Gasteiger partial charge in [0.05, 0.1) is 0 Å². The predicted molar refractivity (Wildman–Crippen MR) is 91.8 cm³/mol. The molecule has 0 aromatic carbocycles. The Balaban J connectivity index is 1.48. The van der Waals surface area contributed by atoms with E-state index in [-0.39, 0.29) is 5.41 Å². The van der Waals surface area contributed by atoms with E-state index < -0.39 is 0 Å². The SMILES string of the molecule is CC(C)(C)c1nsc(N2CCC3C(CCC(=O)N3C3CC3)C2)n1. The Hall–Kier alpha value is -1.17. The topological polar surface area (TPSA) is 49.3 Å². The van der Waals surface area contributed by atoms with Crippen LogP contribution in [0.25, 0.3) is 0 Å². The van der Waals surface area contributed by atoms with E-state index in [1.54, 1.807) is 0 Å². The lowest BCUT2D eigenvalue weighted by atomic mass is 9.83. The Labute approximate surface area is 142 Å². The number of hydrogen-bond acceptors (Lipinski definition) is 5. The summed E-state index contributed by atoms with van der Waals surface area (Å²) in [5.74, 6) is 1.94. The fourth-order valence-corrected chi connectivity index (χ4v) is 4.83. The van der Waals surface area contributed by atoms with Gasteiger partial charge < -0.3 is 9.80 Å². The van der Waals surface area contributed by atoms with Gasteiger partial charge in [0.2, 0.25) is 11.0 Å². The fraction of sp³-hybridized carbons (Fsp3) is 0.824. The minimum absolute atomic E-state index is 0.00705. The number of fused-ring (bicyclic) bond motifs is 1. The molecule has 1 amide bonds. The van der Waals surface area contributed by atoms with Crippen molar-refractivity contribution in [2.24, 2.45) is 5.92 Å². The first kappa shape index (κ1) is 15.4. The van der Waals surface area contributed by atoms with Crippen molar-refractivity contribution in [1.82, 2.24) is 14.3 Å². The van der Waals surface area contributed by atoms with Crippen molar-refractivity contribution >= 4 is 22.6 Å². The molecule has 0 radical (unpaired) electrons. The van der Waals surface area contributed by atoms with Gasteiger partial charge in [-0.05, 0) is 31.6 Å². The lowest BCUT2D eigenvalue weighted by molar-refractivity contribution is -0.140. The van der Waals surface area contributed by atoms with Crippen LogP contribution in [0.5, 0.6) is 0 Å². The van der Waals surface area contributed by atoms with Gasteiger partial charge >= 0.3 is 0 Å². The third-order valence-corrected chi connectivity index (χ3v) is 6.14. The lowest BCUT2D eigenvalue weighted by Gasteiger charge is -2.47. The van der Waals surface area contributed by atoms with Crippen LogP contribution in [-0.2, 0) is 10.2 Å². The summed E-state index contributed by atoms with van der Waals surface area (Å²) in [7, 11) is 0. The van der Waals surface area contributed by atoms with Gasteiger partial charge in [0.15, 0.2) is 0 Å². The summed E-state index contributed by atoms with van der Waals surface area (Å²) in [5, 5.41) is 1.06. The first-order chi connectivity index (χ1) is 10.9. The van der Waals surface area contributed by atoms with E-state index in [9.17, 15) is 4.79 Å². The van der Waals surface area contributed by atoms with Crippen LogP contribution >= 0.6 is 11.5 Å². The second-order valence-corrected chi connectivity index (χ2v) is 9.01. The summed E-state index contributed by atoms with van der Waals surface area (Å²) in [6.07, 6.45) is 5.27. The molecule has 0 bridgehead atoms. The van der Waals surface area contributed by atoms with Crippen LogP contribution in [0.1, 0.15) is 58.7 Å². The zero-order valence-corrected chi connectivity index (χ0v) is 15.1. The van der Waals surface area contributed by atoms with Crippen LogP contribution in [0.3, 0.4) is 0 Å². The molecule has 23 heavy (non-hydrogen) atoms. The van der Waals surface area contributed by atoms with Crippen molar-refractivity contribution in [1.29, 1.82) is 0 Å². The van der Waals surface area contributed by atoms with Crippen molar-refractivity contribution in [2.75, 3.05) is 18.0 Å². The first-order valence-corrected chi connectivity index (χ1v) is 9.61. The normalized spacial score (nSPS) is 28.9. The third kappa shape index (κ3) is 2.86. The predicted octanol–water partition coefficient (Wildman–Crippen LogP) is 2.82. The lowest BCUT2D eigenvalue weighted by Crippen LogP contribution is -2.56. The molecular weight excluding hydrogens is 308 g/mol. The molecule has 0 N–H and O–H groups in total. The standard InChI is InChI=1S/C17H26N4OS/c1-17(2,3)15-18-16(23-19-15)20-9-8-13-11(10-20)4-7-14(22)21(13)12-5-6-12/h11-13H,4-10H2,1-3H3. The summed E-state index contributed by atoms with van der Waals surface area (Å²) in [4.78, 5) is 21.7. The van der Waals surface area contributed by atoms with Crippen molar-refractivity contribution in [2.45, 2.75) is 70.4 Å². The third-order valence-electron chi connectivity index (χ3n) is 5.37. The maximum absolute atomic E-state index is 12.3. The number of aromatic nitrogens is 2. The summed E-state index contributed by atoms with van der Waals surface area (Å²) in [6.45, 7) is 8.50. The number of piperidine rings is 2. The summed E-state index contributed by atoms with van der Waals surface area (Å²) >= 11 is 1.53. The number of likely N-dealkylation sites (tertiary alicyclic amines) is 1. The van der Waals surface area contributed by atoms with Gasteiger partial charge in [-0.15, -0.1) is 0 Å². The number of nitrogens with zero attached hydrogens (tertiary/aromatic N) is 4. The molecule has 0 spiro atoms. The second-order valence-electron chi connectivity index (χ2n) is 8.28. The van der Waals surface area contributed by atoms with Crippen molar-refractivity contribution in [3.63, 3.8) is 0 Å². The summed E-state index contributed by atoms with van der Waals surface area (Å²) in [6, 6.07) is 1.02. The van der Waals surface area contributed by atoms with Crippen LogP contribution in [-0.4, -0.2) is 45.3 Å². The van der Waals surface area contributed by atoms with Gasteiger partial charge in [-0.3, -0.25) is 4.79 Å². The Morgan fingerprint density at radius 2 is 1.96 bits per heavy atom. The highest BCUT2D eigenvalue weighted by atomic mass is 32.1. The van der Waals surface area contributed by atoms with Gasteiger partial charge in [0.1, 0.15) is 5.82 Å². The zero-order valence-electron chi connectivity index (χ0n) is 14.3. The van der Waals surface area contributed by atoms with E-state index in [4.69, 9.17) is 4.98 Å². The molecule has 1 aromatic rings. The molecule has 3 aliphatic rings. The van der Waals surface area contributed by atoms with Gasteiger partial charge in [0.25, 0.3) is 0 Å². The molecule has 2 unspecified atom stereocenters. The smallest absolute Gasteiger partial charge is 0.223 e. The average molecular weight is 334 g/mol. The molecule has 6 heteroatoms. The number of amides is 1. The van der Waals surface area contributed by atoms with Gasteiger partial charge in [-0.1, -0.05) is 20.8 Å². The minimum Gasteiger partial charge on any atom is -0.346 e. The molecule has 4 rings (SSSR count). The number of rotatable bonds is 2. The monoisotopic (exact) mass is 334 g/mol. The molecule has 3 heterocycles. The van der Waals surface area contributed by atoms with E-state index in [1.165, 1.54) is 24.4 Å². The van der Waals surface area contributed by atoms with E-state index in [0.717, 1.165) is 43.3 Å². The molecule has 126 valence electrons. The number of carbonyl (C=O) groups is 1. The van der Waals surface area contributed by atoms with Gasteiger partial charge in [0, 0.05) is 48.5 Å². The fourth-order valence-electron chi connectivity index (χ4n) is 3.94. The van der Waals surface area contributed by atoms with Gasteiger partial charge in [-0.2, -0.15) is 4.37 Å². The number of anilines is 1. The second kappa shape index (κ2) is 5.43. The Morgan fingerprint density at radius 3 is 2.61 bits per heavy atom. The maximum Gasteiger partial charge on any atom is 0.223 e. The summed E-state index contributed by atoms with van der Waals surface area (Å²) < 4.78 is 4.56. The molecule has 1 aromatic heterocycles. The molecule has 1 aliphatic carbocycles. The van der Waals surface area contributed by atoms with Crippen LogP contribution in [0.2, 0.25) is 0 Å². The highest BCUT2D eigenvalue weighted by Gasteiger charge is 2.45. The van der Waals surface area contributed by atoms with Crippen LogP contribution in [0, 0.1) is 5.92 Å². The maximum atomic E-state index is 12.3. The first-order valence-electron chi connectivity index (χ1n) is 8.84. The molecular formula is C17H26N4OS. The number of hydrogen-bond donors (Lipinski definition) is 0. The Kier molecular flexibility index (Phi) is 3.63. The van der Waals surface area contributed by atoms with E-state index in [1.807, 2.05) is 0 Å². The molecule has 5 nitrogen and oxygen atoms in total. The van der Waals surface area contributed by atoms with Crippen molar-refractivity contribution in [3.8, 4) is 0 Å². The quantitative estimate of drug-likeness (QED) is 0.834. The highest BCUT2D eigenvalue weighted by Crippen LogP contribution is 2.40. The van der Waals surface area contributed by atoms with Crippen LogP contribution in [0.15, 0.2) is 0 Å². The largest absolute Gasteiger partial charge is 0.346 e. The van der Waals surface area contributed by atoms with Crippen LogP contribution in [0.4, 0.5) is 5.13 Å². The van der Waals surface area contributed by atoms with Gasteiger partial charge in [-0.25, -0.2) is 4.98 Å². The minimum atomic E-state index is 0.00705. The zero-order chi connectivity index (χ0) is 16.2. The molecule has 3 fully saturated rings. The molecule has 1 saturated carbocycles. The highest BCUT2D eigenvalue weighted by molar-refractivity contribution is 7.09.